The maximum Gasteiger partial charge on any atom is 0.410 e. The van der Waals surface area contributed by atoms with Crippen LogP contribution in [0, 0.1) is 16.0 Å². The van der Waals surface area contributed by atoms with E-state index >= 15 is 0 Å². The van der Waals surface area contributed by atoms with Gasteiger partial charge >= 0.3 is 6.09 Å². The molecule has 1 aromatic heterocycles. The minimum absolute atomic E-state index is 0.120. The number of carbonyl (C=O) groups is 1. The first kappa shape index (κ1) is 19.2. The number of hydrogen-bond acceptors (Lipinski definition) is 4. The highest BCUT2D eigenvalue weighted by Crippen LogP contribution is 2.26. The Morgan fingerprint density at radius 1 is 1.26 bits per heavy atom. The number of amides is 1. The average Bonchev–Trinajstić information content (AvgIpc) is 3.01. The molecule has 2 heterocycles. The summed E-state index contributed by atoms with van der Waals surface area (Å²) in [5.74, 6) is 0.569. The maximum atomic E-state index is 12.1. The smallest absolute Gasteiger partial charge is 0.410 e. The zero-order chi connectivity index (χ0) is 19.6. The van der Waals surface area contributed by atoms with Crippen molar-refractivity contribution in [2.45, 2.75) is 52.2 Å². The topological polar surface area (TPSA) is 77.6 Å². The highest BCUT2D eigenvalue weighted by atomic mass is 16.6. The molecule has 0 N–H and O–H groups in total. The van der Waals surface area contributed by atoms with Crippen LogP contribution in [0.25, 0.3) is 10.9 Å². The lowest BCUT2D eigenvalue weighted by molar-refractivity contribution is -0.384. The van der Waals surface area contributed by atoms with E-state index in [-0.39, 0.29) is 16.7 Å². The van der Waals surface area contributed by atoms with Gasteiger partial charge in [-0.1, -0.05) is 0 Å². The Balaban J connectivity index is 1.52. The molecule has 1 aromatic carbocycles. The molecule has 2 aromatic rings. The van der Waals surface area contributed by atoms with Crippen LogP contribution in [-0.4, -0.2) is 39.2 Å². The van der Waals surface area contributed by atoms with Crippen molar-refractivity contribution >= 4 is 22.7 Å². The number of benzene rings is 1. The molecule has 0 spiro atoms. The van der Waals surface area contributed by atoms with E-state index in [9.17, 15) is 14.9 Å². The van der Waals surface area contributed by atoms with Crippen LogP contribution in [0.15, 0.2) is 30.5 Å². The third kappa shape index (κ3) is 4.78. The van der Waals surface area contributed by atoms with Crippen LogP contribution in [0.2, 0.25) is 0 Å². The number of ether oxygens (including phenoxy) is 1. The Morgan fingerprint density at radius 3 is 2.59 bits per heavy atom. The number of piperidine rings is 1. The molecular weight excluding hydrogens is 346 g/mol. The quantitative estimate of drug-likeness (QED) is 0.580. The van der Waals surface area contributed by atoms with E-state index in [1.165, 1.54) is 0 Å². The Bertz CT molecular complexity index is 829. The first-order valence-corrected chi connectivity index (χ1v) is 9.44. The Kier molecular flexibility index (Phi) is 5.39. The Labute approximate surface area is 159 Å². The first-order chi connectivity index (χ1) is 12.7. The number of hydrogen-bond donors (Lipinski definition) is 0. The summed E-state index contributed by atoms with van der Waals surface area (Å²) < 4.78 is 7.59. The molecule has 7 heteroatoms. The maximum absolute atomic E-state index is 12.1. The van der Waals surface area contributed by atoms with E-state index in [0.717, 1.165) is 49.8 Å². The van der Waals surface area contributed by atoms with Gasteiger partial charge in [-0.3, -0.25) is 10.1 Å². The molecule has 0 bridgehead atoms. The van der Waals surface area contributed by atoms with Crippen LogP contribution < -0.4 is 0 Å². The van der Waals surface area contributed by atoms with Crippen molar-refractivity contribution in [3.05, 3.63) is 40.6 Å². The van der Waals surface area contributed by atoms with Crippen LogP contribution in [0.3, 0.4) is 0 Å². The summed E-state index contributed by atoms with van der Waals surface area (Å²) in [5.41, 5.74) is 0.680. The number of aryl methyl sites for hydroxylation is 1. The van der Waals surface area contributed by atoms with Crippen molar-refractivity contribution in [1.82, 2.24) is 9.47 Å². The van der Waals surface area contributed by atoms with Gasteiger partial charge in [-0.25, -0.2) is 4.79 Å². The number of nitrogens with zero attached hydrogens (tertiary/aromatic N) is 3. The highest BCUT2D eigenvalue weighted by Gasteiger charge is 2.26. The molecule has 27 heavy (non-hydrogen) atoms. The zero-order valence-corrected chi connectivity index (χ0v) is 16.2. The van der Waals surface area contributed by atoms with Gasteiger partial charge in [0.25, 0.3) is 5.69 Å². The number of carbonyl (C=O) groups excluding carboxylic acids is 1. The predicted octanol–water partition coefficient (Wildman–Crippen LogP) is 4.59. The van der Waals surface area contributed by atoms with Crippen molar-refractivity contribution < 1.29 is 14.5 Å². The van der Waals surface area contributed by atoms with Crippen LogP contribution in [0.1, 0.15) is 40.0 Å². The molecule has 7 nitrogen and oxygen atoms in total. The molecule has 0 atom stereocenters. The summed E-state index contributed by atoms with van der Waals surface area (Å²) in [6.07, 6.45) is 4.75. The van der Waals surface area contributed by atoms with E-state index in [4.69, 9.17) is 4.74 Å². The van der Waals surface area contributed by atoms with E-state index in [1.807, 2.05) is 39.1 Å². The Morgan fingerprint density at radius 2 is 1.96 bits per heavy atom. The number of likely N-dealkylation sites (tertiary alicyclic amines) is 1. The first-order valence-electron chi connectivity index (χ1n) is 9.44. The minimum atomic E-state index is -0.460. The summed E-state index contributed by atoms with van der Waals surface area (Å²) in [7, 11) is 0. The number of aromatic nitrogens is 1. The fourth-order valence-electron chi connectivity index (χ4n) is 3.55. The van der Waals surface area contributed by atoms with Gasteiger partial charge in [-0.2, -0.15) is 0 Å². The second-order valence-electron chi connectivity index (χ2n) is 8.21. The lowest BCUT2D eigenvalue weighted by atomic mass is 9.94. The largest absolute Gasteiger partial charge is 0.444 e. The molecule has 1 aliphatic heterocycles. The molecule has 0 saturated carbocycles. The fraction of sp³-hybridized carbons (Fsp3) is 0.550. The van der Waals surface area contributed by atoms with E-state index in [1.54, 1.807) is 17.0 Å². The molecular formula is C20H27N3O4. The SMILES string of the molecule is CC(C)(C)OC(=O)N1CCC(CCn2ccc3cc([N+](=O)[O-])ccc32)CC1. The van der Waals surface area contributed by atoms with Gasteiger partial charge in [0.1, 0.15) is 5.60 Å². The average molecular weight is 373 g/mol. The predicted molar refractivity (Wildman–Crippen MR) is 104 cm³/mol. The summed E-state index contributed by atoms with van der Waals surface area (Å²) in [6, 6.07) is 6.91. The standard InChI is InChI=1S/C20H27N3O4/c1-20(2,3)27-19(24)22-11-7-15(8-12-22)6-10-21-13-9-16-14-17(23(25)26)4-5-18(16)21/h4-5,9,13-15H,6-8,10-12H2,1-3H3. The van der Waals surface area contributed by atoms with Crippen LogP contribution in [-0.2, 0) is 11.3 Å². The molecule has 0 radical (unpaired) electrons. The fourth-order valence-corrected chi connectivity index (χ4v) is 3.55. The third-order valence-corrected chi connectivity index (χ3v) is 5.01. The van der Waals surface area contributed by atoms with Crippen molar-refractivity contribution in [3.8, 4) is 0 Å². The number of nitro groups is 1. The van der Waals surface area contributed by atoms with Gasteiger partial charge in [0.15, 0.2) is 0 Å². The van der Waals surface area contributed by atoms with Crippen molar-refractivity contribution in [1.29, 1.82) is 0 Å². The summed E-state index contributed by atoms with van der Waals surface area (Å²) >= 11 is 0. The summed E-state index contributed by atoms with van der Waals surface area (Å²) in [4.78, 5) is 24.5. The van der Waals surface area contributed by atoms with E-state index < -0.39 is 5.60 Å². The highest BCUT2D eigenvalue weighted by molar-refractivity contribution is 5.82. The molecule has 1 aliphatic rings. The van der Waals surface area contributed by atoms with Crippen molar-refractivity contribution in [2.24, 2.45) is 5.92 Å². The lowest BCUT2D eigenvalue weighted by Gasteiger charge is -2.33. The number of nitro benzene ring substituents is 1. The summed E-state index contributed by atoms with van der Waals surface area (Å²) in [6.45, 7) is 7.99. The van der Waals surface area contributed by atoms with Gasteiger partial charge in [-0.15, -0.1) is 0 Å². The molecule has 3 rings (SSSR count). The molecule has 1 amide bonds. The van der Waals surface area contributed by atoms with Crippen LogP contribution in [0.5, 0.6) is 0 Å². The van der Waals surface area contributed by atoms with Crippen LogP contribution >= 0.6 is 0 Å². The second-order valence-corrected chi connectivity index (χ2v) is 8.21. The van der Waals surface area contributed by atoms with Crippen LogP contribution in [0.4, 0.5) is 10.5 Å². The number of rotatable bonds is 4. The summed E-state index contributed by atoms with van der Waals surface area (Å²) in [5, 5.41) is 11.8. The second kappa shape index (κ2) is 7.58. The number of non-ortho nitro benzene ring substituents is 1. The normalized spacial score (nSPS) is 15.9. The molecule has 0 aliphatic carbocycles. The van der Waals surface area contributed by atoms with Gasteiger partial charge in [0, 0.05) is 48.9 Å². The molecule has 146 valence electrons. The Hall–Kier alpha value is -2.57. The minimum Gasteiger partial charge on any atom is -0.444 e. The zero-order valence-electron chi connectivity index (χ0n) is 16.2. The van der Waals surface area contributed by atoms with E-state index in [0.29, 0.717) is 5.92 Å². The molecule has 1 saturated heterocycles. The third-order valence-electron chi connectivity index (χ3n) is 5.01. The van der Waals surface area contributed by atoms with E-state index in [2.05, 4.69) is 4.57 Å². The van der Waals surface area contributed by atoms with Gasteiger partial charge in [-0.05, 0) is 58.1 Å². The monoisotopic (exact) mass is 373 g/mol. The van der Waals surface area contributed by atoms with Gasteiger partial charge < -0.3 is 14.2 Å². The van der Waals surface area contributed by atoms with Crippen molar-refractivity contribution in [3.63, 3.8) is 0 Å². The van der Waals surface area contributed by atoms with Gasteiger partial charge in [0.05, 0.1) is 4.92 Å². The molecule has 0 unspecified atom stereocenters. The molecule has 1 fully saturated rings. The lowest BCUT2D eigenvalue weighted by Crippen LogP contribution is -2.41. The van der Waals surface area contributed by atoms with Crippen molar-refractivity contribution in [2.75, 3.05) is 13.1 Å². The number of fused-ring (bicyclic) bond motifs is 1. The van der Waals surface area contributed by atoms with Gasteiger partial charge in [0.2, 0.25) is 0 Å².